The van der Waals surface area contributed by atoms with Crippen LogP contribution in [-0.4, -0.2) is 23.0 Å². The molecular formula is C19H15ClN2O3. The summed E-state index contributed by atoms with van der Waals surface area (Å²) in [7, 11) is 0. The van der Waals surface area contributed by atoms with Crippen LogP contribution in [0.2, 0.25) is 5.15 Å². The Labute approximate surface area is 149 Å². The van der Waals surface area contributed by atoms with Crippen LogP contribution in [0.4, 0.5) is 5.69 Å². The first-order chi connectivity index (χ1) is 12.1. The van der Waals surface area contributed by atoms with Gasteiger partial charge >= 0.3 is 5.97 Å². The van der Waals surface area contributed by atoms with Gasteiger partial charge in [0.1, 0.15) is 5.15 Å². The zero-order chi connectivity index (χ0) is 17.8. The van der Waals surface area contributed by atoms with E-state index >= 15 is 0 Å². The first-order valence-corrected chi connectivity index (χ1v) is 8.04. The average Bonchev–Trinajstić information content (AvgIpc) is 2.62. The lowest BCUT2D eigenvalue weighted by atomic mass is 10.1. The number of nitrogens with zero attached hydrogens (tertiary/aromatic N) is 1. The predicted octanol–water partition coefficient (Wildman–Crippen LogP) is 4.07. The molecule has 0 fully saturated rings. The molecule has 1 N–H and O–H groups in total. The molecule has 2 aromatic carbocycles. The highest BCUT2D eigenvalue weighted by atomic mass is 35.5. The third kappa shape index (κ3) is 3.78. The molecule has 1 amide bonds. The molecule has 0 aliphatic heterocycles. The molecule has 0 bridgehead atoms. The van der Waals surface area contributed by atoms with E-state index in [0.717, 1.165) is 10.8 Å². The minimum absolute atomic E-state index is 0.0363. The predicted molar refractivity (Wildman–Crippen MR) is 96.7 cm³/mol. The third-order valence-corrected chi connectivity index (χ3v) is 3.98. The number of esters is 1. The van der Waals surface area contributed by atoms with Gasteiger partial charge in [-0.25, -0.2) is 9.78 Å². The number of anilines is 1. The van der Waals surface area contributed by atoms with E-state index in [0.29, 0.717) is 5.69 Å². The molecule has 1 atom stereocenters. The molecule has 0 radical (unpaired) electrons. The van der Waals surface area contributed by atoms with Crippen molar-refractivity contribution in [2.24, 2.45) is 0 Å². The molecule has 126 valence electrons. The smallest absolute Gasteiger partial charge is 0.342 e. The molecule has 0 aliphatic carbocycles. The summed E-state index contributed by atoms with van der Waals surface area (Å²) in [5.41, 5.74) is 0.777. The second-order valence-electron chi connectivity index (χ2n) is 5.41. The van der Waals surface area contributed by atoms with Gasteiger partial charge in [-0.05, 0) is 30.5 Å². The SMILES string of the molecule is CC(OC(=O)c1cccnc1Cl)C(=O)Nc1cccc2ccccc12. The van der Waals surface area contributed by atoms with Gasteiger partial charge in [0, 0.05) is 17.3 Å². The topological polar surface area (TPSA) is 68.3 Å². The van der Waals surface area contributed by atoms with Gasteiger partial charge in [0.15, 0.2) is 6.10 Å². The van der Waals surface area contributed by atoms with E-state index < -0.39 is 18.0 Å². The van der Waals surface area contributed by atoms with Crippen LogP contribution in [0.3, 0.4) is 0 Å². The summed E-state index contributed by atoms with van der Waals surface area (Å²) in [5.74, 6) is -1.12. The number of aromatic nitrogens is 1. The van der Waals surface area contributed by atoms with Crippen LogP contribution in [-0.2, 0) is 9.53 Å². The number of fused-ring (bicyclic) bond motifs is 1. The second kappa shape index (κ2) is 7.32. The molecule has 5 nitrogen and oxygen atoms in total. The van der Waals surface area contributed by atoms with Gasteiger partial charge in [0.25, 0.3) is 5.91 Å². The zero-order valence-electron chi connectivity index (χ0n) is 13.4. The molecule has 1 aromatic heterocycles. The van der Waals surface area contributed by atoms with Crippen molar-refractivity contribution < 1.29 is 14.3 Å². The molecule has 0 spiro atoms. The normalized spacial score (nSPS) is 11.8. The van der Waals surface area contributed by atoms with E-state index in [9.17, 15) is 9.59 Å². The van der Waals surface area contributed by atoms with Crippen molar-refractivity contribution >= 4 is 39.9 Å². The lowest BCUT2D eigenvalue weighted by molar-refractivity contribution is -0.123. The fourth-order valence-electron chi connectivity index (χ4n) is 2.38. The number of amides is 1. The number of pyridine rings is 1. The summed E-state index contributed by atoms with van der Waals surface area (Å²) in [6, 6.07) is 16.4. The van der Waals surface area contributed by atoms with Crippen molar-refractivity contribution in [3.8, 4) is 0 Å². The van der Waals surface area contributed by atoms with Crippen LogP contribution in [0.15, 0.2) is 60.8 Å². The highest BCUT2D eigenvalue weighted by Gasteiger charge is 2.21. The first-order valence-electron chi connectivity index (χ1n) is 7.66. The summed E-state index contributed by atoms with van der Waals surface area (Å²) in [6.45, 7) is 1.50. The Bertz CT molecular complexity index is 937. The quantitative estimate of drug-likeness (QED) is 0.566. The molecule has 1 unspecified atom stereocenters. The summed E-state index contributed by atoms with van der Waals surface area (Å²) in [5, 5.41) is 4.74. The number of halogens is 1. The fourth-order valence-corrected chi connectivity index (χ4v) is 2.58. The van der Waals surface area contributed by atoms with Gasteiger partial charge in [-0.3, -0.25) is 4.79 Å². The summed E-state index contributed by atoms with van der Waals surface area (Å²) >= 11 is 5.86. The largest absolute Gasteiger partial charge is 0.449 e. The molecule has 1 heterocycles. The van der Waals surface area contributed by atoms with E-state index in [1.165, 1.54) is 19.2 Å². The van der Waals surface area contributed by atoms with Crippen molar-refractivity contribution in [3.63, 3.8) is 0 Å². The van der Waals surface area contributed by atoms with Gasteiger partial charge in [0.2, 0.25) is 0 Å². The number of hydrogen-bond donors (Lipinski definition) is 1. The van der Waals surface area contributed by atoms with Crippen LogP contribution in [0.25, 0.3) is 10.8 Å². The minimum Gasteiger partial charge on any atom is -0.449 e. The molecule has 3 rings (SSSR count). The van der Waals surface area contributed by atoms with Gasteiger partial charge in [-0.1, -0.05) is 48.0 Å². The molecule has 3 aromatic rings. The van der Waals surface area contributed by atoms with E-state index in [2.05, 4.69) is 10.3 Å². The van der Waals surface area contributed by atoms with Crippen molar-refractivity contribution in [2.45, 2.75) is 13.0 Å². The van der Waals surface area contributed by atoms with Crippen LogP contribution in [0, 0.1) is 0 Å². The molecular weight excluding hydrogens is 340 g/mol. The van der Waals surface area contributed by atoms with Gasteiger partial charge < -0.3 is 10.1 Å². The van der Waals surface area contributed by atoms with Crippen LogP contribution in [0.5, 0.6) is 0 Å². The summed E-state index contributed by atoms with van der Waals surface area (Å²) in [4.78, 5) is 28.3. The highest BCUT2D eigenvalue weighted by molar-refractivity contribution is 6.32. The van der Waals surface area contributed by atoms with Gasteiger partial charge in [-0.15, -0.1) is 0 Å². The molecule has 25 heavy (non-hydrogen) atoms. The van der Waals surface area contributed by atoms with Crippen LogP contribution < -0.4 is 5.32 Å². The third-order valence-electron chi connectivity index (χ3n) is 3.68. The number of hydrogen-bond acceptors (Lipinski definition) is 4. The molecule has 6 heteroatoms. The Balaban J connectivity index is 1.72. The number of benzene rings is 2. The Hall–Kier alpha value is -2.92. The molecule has 0 aliphatic rings. The van der Waals surface area contributed by atoms with Crippen molar-refractivity contribution in [1.29, 1.82) is 0 Å². The zero-order valence-corrected chi connectivity index (χ0v) is 14.2. The number of nitrogens with one attached hydrogen (secondary N) is 1. The Morgan fingerprint density at radius 1 is 1.08 bits per heavy atom. The molecule has 0 saturated heterocycles. The lowest BCUT2D eigenvalue weighted by Crippen LogP contribution is -2.30. The molecule has 0 saturated carbocycles. The van der Waals surface area contributed by atoms with Crippen LogP contribution in [0.1, 0.15) is 17.3 Å². The first kappa shape index (κ1) is 16.9. The maximum absolute atomic E-state index is 12.4. The van der Waals surface area contributed by atoms with Gasteiger partial charge in [0.05, 0.1) is 5.56 Å². The van der Waals surface area contributed by atoms with Crippen molar-refractivity contribution in [3.05, 3.63) is 71.5 Å². The summed E-state index contributed by atoms with van der Waals surface area (Å²) < 4.78 is 5.19. The monoisotopic (exact) mass is 354 g/mol. The minimum atomic E-state index is -0.984. The second-order valence-corrected chi connectivity index (χ2v) is 5.76. The number of carbonyl (C=O) groups is 2. The maximum atomic E-state index is 12.4. The van der Waals surface area contributed by atoms with E-state index in [-0.39, 0.29) is 10.7 Å². The van der Waals surface area contributed by atoms with Crippen LogP contribution >= 0.6 is 11.6 Å². The Kier molecular flexibility index (Phi) is 4.95. The van der Waals surface area contributed by atoms with Crippen molar-refractivity contribution in [1.82, 2.24) is 4.98 Å². The summed E-state index contributed by atoms with van der Waals surface area (Å²) in [6.07, 6.45) is 0.484. The van der Waals surface area contributed by atoms with E-state index in [1.54, 1.807) is 12.1 Å². The maximum Gasteiger partial charge on any atom is 0.342 e. The van der Waals surface area contributed by atoms with E-state index in [1.807, 2.05) is 36.4 Å². The lowest BCUT2D eigenvalue weighted by Gasteiger charge is -2.15. The fraction of sp³-hybridized carbons (Fsp3) is 0.105. The average molecular weight is 355 g/mol. The van der Waals surface area contributed by atoms with E-state index in [4.69, 9.17) is 16.3 Å². The number of ether oxygens (including phenoxy) is 1. The van der Waals surface area contributed by atoms with Crippen molar-refractivity contribution in [2.75, 3.05) is 5.32 Å². The van der Waals surface area contributed by atoms with Gasteiger partial charge in [-0.2, -0.15) is 0 Å². The Morgan fingerprint density at radius 3 is 2.64 bits per heavy atom. The standard InChI is InChI=1S/C19H15ClN2O3/c1-12(25-19(24)15-9-5-11-21-17(15)20)18(23)22-16-10-4-7-13-6-2-3-8-14(13)16/h2-12H,1H3,(H,22,23). The number of rotatable bonds is 4. The highest BCUT2D eigenvalue weighted by Crippen LogP contribution is 2.23. The number of carbonyl (C=O) groups excluding carboxylic acids is 2. The Morgan fingerprint density at radius 2 is 1.84 bits per heavy atom.